The molecule has 21 heavy (non-hydrogen) atoms. The van der Waals surface area contributed by atoms with Crippen LogP contribution in [0.2, 0.25) is 0 Å². The van der Waals surface area contributed by atoms with Crippen LogP contribution in [0, 0.1) is 5.92 Å². The van der Waals surface area contributed by atoms with E-state index in [2.05, 4.69) is 52.5 Å². The van der Waals surface area contributed by atoms with Crippen molar-refractivity contribution in [3.05, 3.63) is 46.2 Å². The molecule has 0 unspecified atom stereocenters. The van der Waals surface area contributed by atoms with E-state index in [0.29, 0.717) is 5.92 Å². The fourth-order valence-corrected chi connectivity index (χ4v) is 2.86. The van der Waals surface area contributed by atoms with Gasteiger partial charge in [-0.2, -0.15) is 0 Å². The number of nitrogens with zero attached hydrogens (tertiary/aromatic N) is 3. The molecule has 5 heteroatoms. The summed E-state index contributed by atoms with van der Waals surface area (Å²) in [6, 6.07) is 4.08. The SMILES string of the molecule is CC(C)CNCc1nc(CN(C)Cc2cccnc2)cs1. The predicted molar refractivity (Wildman–Crippen MR) is 88.1 cm³/mol. The van der Waals surface area contributed by atoms with Crippen molar-refractivity contribution >= 4 is 11.3 Å². The summed E-state index contributed by atoms with van der Waals surface area (Å²) in [6.07, 6.45) is 3.72. The average Bonchev–Trinajstić information content (AvgIpc) is 2.86. The molecule has 0 fully saturated rings. The van der Waals surface area contributed by atoms with Crippen molar-refractivity contribution in [2.24, 2.45) is 5.92 Å². The zero-order valence-corrected chi connectivity index (χ0v) is 13.9. The highest BCUT2D eigenvalue weighted by Gasteiger charge is 2.06. The van der Waals surface area contributed by atoms with Crippen molar-refractivity contribution in [2.75, 3.05) is 13.6 Å². The van der Waals surface area contributed by atoms with Crippen LogP contribution in [-0.4, -0.2) is 28.5 Å². The molecule has 0 aliphatic heterocycles. The Bertz CT molecular complexity index is 524. The van der Waals surface area contributed by atoms with Crippen LogP contribution < -0.4 is 5.32 Å². The lowest BCUT2D eigenvalue weighted by atomic mass is 10.2. The minimum Gasteiger partial charge on any atom is -0.310 e. The number of hydrogen-bond acceptors (Lipinski definition) is 5. The first-order valence-corrected chi connectivity index (χ1v) is 8.23. The Kier molecular flexibility index (Phi) is 6.29. The molecule has 0 amide bonds. The zero-order chi connectivity index (χ0) is 15.1. The lowest BCUT2D eigenvalue weighted by Crippen LogP contribution is -2.19. The molecule has 114 valence electrons. The molecular weight excluding hydrogens is 280 g/mol. The Morgan fingerprint density at radius 1 is 1.33 bits per heavy atom. The maximum absolute atomic E-state index is 4.69. The van der Waals surface area contributed by atoms with Gasteiger partial charge in [0.15, 0.2) is 0 Å². The van der Waals surface area contributed by atoms with Crippen molar-refractivity contribution in [3.63, 3.8) is 0 Å². The van der Waals surface area contributed by atoms with E-state index in [-0.39, 0.29) is 0 Å². The van der Waals surface area contributed by atoms with Crippen molar-refractivity contribution in [2.45, 2.75) is 33.5 Å². The molecule has 0 atom stereocenters. The van der Waals surface area contributed by atoms with Gasteiger partial charge in [0, 0.05) is 37.4 Å². The van der Waals surface area contributed by atoms with Crippen LogP contribution in [0.4, 0.5) is 0 Å². The molecule has 1 N–H and O–H groups in total. The Labute approximate surface area is 131 Å². The molecule has 4 nitrogen and oxygen atoms in total. The van der Waals surface area contributed by atoms with Crippen molar-refractivity contribution in [1.82, 2.24) is 20.2 Å². The number of pyridine rings is 1. The minimum absolute atomic E-state index is 0.676. The topological polar surface area (TPSA) is 41.1 Å². The molecule has 2 heterocycles. The molecule has 0 saturated heterocycles. The second-order valence-electron chi connectivity index (χ2n) is 5.79. The molecule has 0 bridgehead atoms. The molecule has 0 aliphatic rings. The monoisotopic (exact) mass is 304 g/mol. The zero-order valence-electron chi connectivity index (χ0n) is 13.0. The summed E-state index contributed by atoms with van der Waals surface area (Å²) in [5.74, 6) is 0.676. The molecule has 0 aliphatic carbocycles. The standard InChI is InChI=1S/C16H24N4S/c1-13(2)7-18-9-16-19-15(12-21-16)11-20(3)10-14-5-4-6-17-8-14/h4-6,8,12-13,18H,7,9-11H2,1-3H3. The van der Waals surface area contributed by atoms with Gasteiger partial charge >= 0.3 is 0 Å². The normalized spacial score (nSPS) is 11.5. The lowest BCUT2D eigenvalue weighted by Gasteiger charge is -2.14. The third-order valence-electron chi connectivity index (χ3n) is 3.04. The highest BCUT2D eigenvalue weighted by Crippen LogP contribution is 2.12. The van der Waals surface area contributed by atoms with E-state index in [9.17, 15) is 0 Å². The van der Waals surface area contributed by atoms with Gasteiger partial charge in [0.2, 0.25) is 0 Å². The van der Waals surface area contributed by atoms with Gasteiger partial charge in [0.25, 0.3) is 0 Å². The second kappa shape index (κ2) is 8.22. The number of thiazole rings is 1. The summed E-state index contributed by atoms with van der Waals surface area (Å²) in [7, 11) is 2.11. The minimum atomic E-state index is 0.676. The van der Waals surface area contributed by atoms with E-state index in [1.807, 2.05) is 12.3 Å². The summed E-state index contributed by atoms with van der Waals surface area (Å²) >= 11 is 1.74. The smallest absolute Gasteiger partial charge is 0.107 e. The number of nitrogens with one attached hydrogen (secondary N) is 1. The lowest BCUT2D eigenvalue weighted by molar-refractivity contribution is 0.315. The van der Waals surface area contributed by atoms with E-state index in [1.54, 1.807) is 17.5 Å². The third-order valence-corrected chi connectivity index (χ3v) is 3.93. The first-order chi connectivity index (χ1) is 10.1. The van der Waals surface area contributed by atoms with Gasteiger partial charge in [-0.3, -0.25) is 9.88 Å². The summed E-state index contributed by atoms with van der Waals surface area (Å²) < 4.78 is 0. The van der Waals surface area contributed by atoms with Crippen LogP contribution in [0.25, 0.3) is 0 Å². The predicted octanol–water partition coefficient (Wildman–Crippen LogP) is 2.92. The fraction of sp³-hybridized carbons (Fsp3) is 0.500. The van der Waals surface area contributed by atoms with Crippen LogP contribution in [0.3, 0.4) is 0 Å². The van der Waals surface area contributed by atoms with Gasteiger partial charge < -0.3 is 5.32 Å². The quantitative estimate of drug-likeness (QED) is 0.814. The van der Waals surface area contributed by atoms with Crippen LogP contribution in [0.15, 0.2) is 29.9 Å². The molecule has 0 aromatic carbocycles. The number of rotatable bonds is 8. The molecule has 0 saturated carbocycles. The van der Waals surface area contributed by atoms with Crippen LogP contribution in [0.5, 0.6) is 0 Å². The Morgan fingerprint density at radius 3 is 2.90 bits per heavy atom. The second-order valence-corrected chi connectivity index (χ2v) is 6.73. The Hall–Kier alpha value is -1.30. The largest absolute Gasteiger partial charge is 0.310 e. The van der Waals surface area contributed by atoms with E-state index in [0.717, 1.165) is 31.9 Å². The average molecular weight is 304 g/mol. The summed E-state index contributed by atoms with van der Waals surface area (Å²) in [5, 5.41) is 6.76. The van der Waals surface area contributed by atoms with Gasteiger partial charge in [0.1, 0.15) is 5.01 Å². The number of hydrogen-bond donors (Lipinski definition) is 1. The van der Waals surface area contributed by atoms with E-state index >= 15 is 0 Å². The fourth-order valence-electron chi connectivity index (χ4n) is 2.11. The first kappa shape index (κ1) is 16.1. The van der Waals surface area contributed by atoms with Gasteiger partial charge in [-0.1, -0.05) is 19.9 Å². The number of aromatic nitrogens is 2. The highest BCUT2D eigenvalue weighted by molar-refractivity contribution is 7.09. The third kappa shape index (κ3) is 5.91. The van der Waals surface area contributed by atoms with Crippen LogP contribution in [-0.2, 0) is 19.6 Å². The maximum Gasteiger partial charge on any atom is 0.107 e. The van der Waals surface area contributed by atoms with Gasteiger partial charge in [-0.15, -0.1) is 11.3 Å². The van der Waals surface area contributed by atoms with Gasteiger partial charge in [0.05, 0.1) is 5.69 Å². The molecule has 2 aromatic heterocycles. The molecule has 0 spiro atoms. The molecule has 0 radical (unpaired) electrons. The van der Waals surface area contributed by atoms with Crippen LogP contribution in [0.1, 0.15) is 30.1 Å². The van der Waals surface area contributed by atoms with E-state index < -0.39 is 0 Å². The highest BCUT2D eigenvalue weighted by atomic mass is 32.1. The summed E-state index contributed by atoms with van der Waals surface area (Å²) in [5.41, 5.74) is 2.38. The molecular formula is C16H24N4S. The first-order valence-electron chi connectivity index (χ1n) is 7.35. The van der Waals surface area contributed by atoms with Crippen molar-refractivity contribution < 1.29 is 0 Å². The van der Waals surface area contributed by atoms with Crippen molar-refractivity contribution in [1.29, 1.82) is 0 Å². The van der Waals surface area contributed by atoms with E-state index in [1.165, 1.54) is 10.6 Å². The summed E-state index contributed by atoms with van der Waals surface area (Å²) in [4.78, 5) is 11.1. The Morgan fingerprint density at radius 2 is 2.19 bits per heavy atom. The van der Waals surface area contributed by atoms with Gasteiger partial charge in [-0.05, 0) is 31.1 Å². The summed E-state index contributed by atoms with van der Waals surface area (Å²) in [6.45, 7) is 8.11. The van der Waals surface area contributed by atoms with E-state index in [4.69, 9.17) is 0 Å². The molecule has 2 aromatic rings. The van der Waals surface area contributed by atoms with Crippen LogP contribution >= 0.6 is 11.3 Å². The Balaban J connectivity index is 1.79. The van der Waals surface area contributed by atoms with Gasteiger partial charge in [-0.25, -0.2) is 4.98 Å². The molecule has 2 rings (SSSR count). The maximum atomic E-state index is 4.69. The van der Waals surface area contributed by atoms with Crippen molar-refractivity contribution in [3.8, 4) is 0 Å².